The number of para-hydroxylation sites is 2. The molecule has 0 aromatic heterocycles. The highest BCUT2D eigenvalue weighted by molar-refractivity contribution is 7.89. The average molecular weight is 420 g/mol. The van der Waals surface area contributed by atoms with E-state index in [0.717, 1.165) is 0 Å². The molecule has 0 fully saturated rings. The lowest BCUT2D eigenvalue weighted by atomic mass is 10.2. The summed E-state index contributed by atoms with van der Waals surface area (Å²) in [4.78, 5) is 22.9. The molecule has 0 atom stereocenters. The summed E-state index contributed by atoms with van der Waals surface area (Å²) in [5.41, 5.74) is 0.663. The van der Waals surface area contributed by atoms with Crippen molar-refractivity contribution < 1.29 is 18.1 Å². The molecular formula is C19H24N4O5S. The smallest absolute Gasteiger partial charge is 0.292 e. The molecule has 156 valence electrons. The first kappa shape index (κ1) is 22.3. The van der Waals surface area contributed by atoms with Gasteiger partial charge in [0.25, 0.3) is 11.6 Å². The van der Waals surface area contributed by atoms with E-state index in [1.165, 1.54) is 34.6 Å². The molecule has 0 heterocycles. The van der Waals surface area contributed by atoms with Crippen LogP contribution in [-0.4, -0.2) is 49.7 Å². The van der Waals surface area contributed by atoms with Gasteiger partial charge in [-0.3, -0.25) is 14.9 Å². The second kappa shape index (κ2) is 9.99. The molecule has 2 N–H and O–H groups in total. The van der Waals surface area contributed by atoms with E-state index in [9.17, 15) is 23.3 Å². The Balaban J connectivity index is 1.93. The third-order valence-corrected chi connectivity index (χ3v) is 6.35. The van der Waals surface area contributed by atoms with Crippen molar-refractivity contribution in [1.29, 1.82) is 0 Å². The molecule has 2 aromatic rings. The molecule has 10 heteroatoms. The van der Waals surface area contributed by atoms with Crippen LogP contribution in [0.3, 0.4) is 0 Å². The van der Waals surface area contributed by atoms with Gasteiger partial charge in [0.05, 0.1) is 9.82 Å². The van der Waals surface area contributed by atoms with E-state index in [-0.39, 0.29) is 23.0 Å². The van der Waals surface area contributed by atoms with Crippen LogP contribution in [0, 0.1) is 10.1 Å². The predicted octanol–water partition coefficient (Wildman–Crippen LogP) is 2.47. The number of nitrogens with one attached hydrogen (secondary N) is 2. The summed E-state index contributed by atoms with van der Waals surface area (Å²) in [5.74, 6) is -0.360. The maximum absolute atomic E-state index is 12.5. The topological polar surface area (TPSA) is 122 Å². The van der Waals surface area contributed by atoms with Crippen LogP contribution in [0.15, 0.2) is 53.4 Å². The Labute approximate surface area is 169 Å². The zero-order valence-electron chi connectivity index (χ0n) is 16.3. The second-order valence-electron chi connectivity index (χ2n) is 6.07. The summed E-state index contributed by atoms with van der Waals surface area (Å²) < 4.78 is 26.3. The molecule has 1 amide bonds. The normalized spacial score (nSPS) is 11.3. The van der Waals surface area contributed by atoms with Crippen LogP contribution in [0.5, 0.6) is 0 Å². The Morgan fingerprint density at radius 3 is 2.24 bits per heavy atom. The summed E-state index contributed by atoms with van der Waals surface area (Å²) in [6, 6.07) is 12.0. The first-order chi connectivity index (χ1) is 13.8. The van der Waals surface area contributed by atoms with Gasteiger partial charge in [-0.15, -0.1) is 0 Å². The van der Waals surface area contributed by atoms with Crippen LogP contribution in [0.4, 0.5) is 11.4 Å². The number of hydrogen-bond acceptors (Lipinski definition) is 6. The van der Waals surface area contributed by atoms with Crippen molar-refractivity contribution in [2.24, 2.45) is 0 Å². The first-order valence-electron chi connectivity index (χ1n) is 9.17. The summed E-state index contributed by atoms with van der Waals surface area (Å²) in [6.45, 7) is 4.80. The molecule has 0 radical (unpaired) electrons. The number of nitro groups is 1. The van der Waals surface area contributed by atoms with Crippen LogP contribution in [-0.2, 0) is 10.0 Å². The minimum Gasteiger partial charge on any atom is -0.378 e. The van der Waals surface area contributed by atoms with E-state index in [0.29, 0.717) is 30.9 Å². The van der Waals surface area contributed by atoms with Gasteiger partial charge in [0, 0.05) is 37.8 Å². The van der Waals surface area contributed by atoms with Crippen LogP contribution < -0.4 is 10.6 Å². The molecule has 0 aliphatic rings. The lowest BCUT2D eigenvalue weighted by Gasteiger charge is -2.18. The van der Waals surface area contributed by atoms with Crippen molar-refractivity contribution in [3.05, 3.63) is 64.2 Å². The van der Waals surface area contributed by atoms with Gasteiger partial charge >= 0.3 is 0 Å². The predicted molar refractivity (Wildman–Crippen MR) is 110 cm³/mol. The van der Waals surface area contributed by atoms with Crippen LogP contribution in [0.25, 0.3) is 0 Å². The Morgan fingerprint density at radius 2 is 1.66 bits per heavy atom. The van der Waals surface area contributed by atoms with Crippen molar-refractivity contribution in [1.82, 2.24) is 9.62 Å². The molecular weight excluding hydrogens is 396 g/mol. The molecule has 9 nitrogen and oxygen atoms in total. The van der Waals surface area contributed by atoms with Gasteiger partial charge in [0.2, 0.25) is 10.0 Å². The van der Waals surface area contributed by atoms with Gasteiger partial charge in [-0.05, 0) is 30.3 Å². The summed E-state index contributed by atoms with van der Waals surface area (Å²) in [7, 11) is -3.57. The summed E-state index contributed by atoms with van der Waals surface area (Å²) in [5, 5.41) is 16.6. The fraction of sp³-hybridized carbons (Fsp3) is 0.316. The molecule has 0 saturated heterocycles. The van der Waals surface area contributed by atoms with E-state index in [1.54, 1.807) is 32.0 Å². The van der Waals surface area contributed by atoms with Crippen molar-refractivity contribution in [3.8, 4) is 0 Å². The van der Waals surface area contributed by atoms with Gasteiger partial charge < -0.3 is 10.6 Å². The standard InChI is InChI=1S/C19H24N4O5S/c1-3-22(4-2)29(27,28)16-11-9-15(10-12-16)19(24)21-14-13-20-17-7-5-6-8-18(17)23(25)26/h5-12,20H,3-4,13-14H2,1-2H3,(H,21,24). The van der Waals surface area contributed by atoms with Gasteiger partial charge in [-0.25, -0.2) is 8.42 Å². The number of sulfonamides is 1. The SMILES string of the molecule is CCN(CC)S(=O)(=O)c1ccc(C(=O)NCCNc2ccccc2[N+](=O)[O-])cc1. The largest absolute Gasteiger partial charge is 0.378 e. The highest BCUT2D eigenvalue weighted by atomic mass is 32.2. The third-order valence-electron chi connectivity index (χ3n) is 4.29. The molecule has 0 aliphatic carbocycles. The van der Waals surface area contributed by atoms with Crippen LogP contribution in [0.1, 0.15) is 24.2 Å². The third kappa shape index (κ3) is 5.52. The highest BCUT2D eigenvalue weighted by Gasteiger charge is 2.21. The average Bonchev–Trinajstić information content (AvgIpc) is 2.72. The summed E-state index contributed by atoms with van der Waals surface area (Å²) in [6.07, 6.45) is 0. The molecule has 0 aliphatic heterocycles. The molecule has 2 rings (SSSR count). The molecule has 0 spiro atoms. The molecule has 2 aromatic carbocycles. The maximum atomic E-state index is 12.5. The first-order valence-corrected chi connectivity index (χ1v) is 10.6. The van der Waals surface area contributed by atoms with Gasteiger partial charge in [-0.1, -0.05) is 26.0 Å². The molecule has 29 heavy (non-hydrogen) atoms. The molecule has 0 saturated carbocycles. The minimum atomic E-state index is -3.57. The van der Waals surface area contributed by atoms with E-state index in [4.69, 9.17) is 0 Å². The quantitative estimate of drug-likeness (QED) is 0.346. The van der Waals surface area contributed by atoms with Crippen molar-refractivity contribution in [2.45, 2.75) is 18.7 Å². The monoisotopic (exact) mass is 420 g/mol. The number of amides is 1. The van der Waals surface area contributed by atoms with Crippen LogP contribution in [0.2, 0.25) is 0 Å². The Hall–Kier alpha value is -2.98. The van der Waals surface area contributed by atoms with E-state index < -0.39 is 14.9 Å². The van der Waals surface area contributed by atoms with E-state index >= 15 is 0 Å². The fourth-order valence-electron chi connectivity index (χ4n) is 2.75. The zero-order valence-corrected chi connectivity index (χ0v) is 17.1. The van der Waals surface area contributed by atoms with Crippen molar-refractivity contribution >= 4 is 27.3 Å². The van der Waals surface area contributed by atoms with E-state index in [1.807, 2.05) is 0 Å². The Kier molecular flexibility index (Phi) is 7.68. The lowest BCUT2D eigenvalue weighted by Crippen LogP contribution is -2.31. The van der Waals surface area contributed by atoms with Crippen molar-refractivity contribution in [2.75, 3.05) is 31.5 Å². The fourth-order valence-corrected chi connectivity index (χ4v) is 4.21. The number of nitro benzene ring substituents is 1. The number of hydrogen-bond donors (Lipinski definition) is 2. The number of carbonyl (C=O) groups is 1. The lowest BCUT2D eigenvalue weighted by molar-refractivity contribution is -0.384. The van der Waals surface area contributed by atoms with Gasteiger partial charge in [0.15, 0.2) is 0 Å². The van der Waals surface area contributed by atoms with Crippen LogP contribution >= 0.6 is 0 Å². The molecule has 0 unspecified atom stereocenters. The Morgan fingerprint density at radius 1 is 1.03 bits per heavy atom. The zero-order chi connectivity index (χ0) is 21.4. The number of rotatable bonds is 10. The molecule has 0 bridgehead atoms. The highest BCUT2D eigenvalue weighted by Crippen LogP contribution is 2.22. The number of anilines is 1. The summed E-state index contributed by atoms with van der Waals surface area (Å²) >= 11 is 0. The minimum absolute atomic E-state index is 0.0381. The van der Waals surface area contributed by atoms with Gasteiger partial charge in [-0.2, -0.15) is 4.31 Å². The maximum Gasteiger partial charge on any atom is 0.292 e. The van der Waals surface area contributed by atoms with Gasteiger partial charge in [0.1, 0.15) is 5.69 Å². The van der Waals surface area contributed by atoms with Crippen molar-refractivity contribution in [3.63, 3.8) is 0 Å². The second-order valence-corrected chi connectivity index (χ2v) is 8.01. The van der Waals surface area contributed by atoms with E-state index in [2.05, 4.69) is 10.6 Å². The number of carbonyl (C=O) groups excluding carboxylic acids is 1. The number of benzene rings is 2. The number of nitrogens with zero attached hydrogens (tertiary/aromatic N) is 2. The Bertz CT molecular complexity index is 957.